The van der Waals surface area contributed by atoms with Gasteiger partial charge in [-0.25, -0.2) is 4.98 Å². The highest BCUT2D eigenvalue weighted by molar-refractivity contribution is 7.11. The van der Waals surface area contributed by atoms with Crippen LogP contribution in [-0.4, -0.2) is 16.7 Å². The van der Waals surface area contributed by atoms with Crippen LogP contribution in [-0.2, 0) is 13.0 Å². The molecule has 0 bridgehead atoms. The number of anilines is 1. The maximum atomic E-state index is 9.08. The predicted octanol–water partition coefficient (Wildman–Crippen LogP) is 1.52. The molecule has 0 aliphatic rings. The number of thiazole rings is 1. The molecule has 102 valence electrons. The highest BCUT2D eigenvalue weighted by Crippen LogP contribution is 2.18. The minimum atomic E-state index is 0.190. The van der Waals surface area contributed by atoms with Crippen molar-refractivity contribution in [2.45, 2.75) is 33.7 Å². The summed E-state index contributed by atoms with van der Waals surface area (Å²) in [7, 11) is 0. The van der Waals surface area contributed by atoms with Gasteiger partial charge in [-0.15, -0.1) is 0 Å². The molecule has 0 saturated heterocycles. The largest absolute Gasteiger partial charge is 0.396 e. The Morgan fingerprint density at radius 2 is 2.05 bits per heavy atom. The molecule has 4 nitrogen and oxygen atoms in total. The van der Waals surface area contributed by atoms with Crippen LogP contribution in [0, 0.1) is 20.8 Å². The fraction of sp³-hybridized carbons (Fsp3) is 0.429. The summed E-state index contributed by atoms with van der Waals surface area (Å²) < 4.78 is 2.23. The molecule has 3 N–H and O–H groups in total. The molecule has 0 unspecified atom stereocenters. The van der Waals surface area contributed by atoms with E-state index in [1.807, 2.05) is 19.1 Å². The van der Waals surface area contributed by atoms with E-state index in [9.17, 15) is 0 Å². The molecule has 2 heterocycles. The van der Waals surface area contributed by atoms with E-state index in [0.29, 0.717) is 12.2 Å². The lowest BCUT2D eigenvalue weighted by Crippen LogP contribution is -2.38. The molecule has 0 aromatic carbocycles. The number of nitrogen functional groups attached to an aromatic ring is 1. The zero-order chi connectivity index (χ0) is 14.0. The fourth-order valence-electron chi connectivity index (χ4n) is 2.17. The average Bonchev–Trinajstić information content (AvgIpc) is 2.60. The Hall–Kier alpha value is -1.46. The van der Waals surface area contributed by atoms with E-state index >= 15 is 0 Å². The normalized spacial score (nSPS) is 10.9. The van der Waals surface area contributed by atoms with Gasteiger partial charge in [0.15, 0.2) is 12.2 Å². The van der Waals surface area contributed by atoms with Crippen molar-refractivity contribution in [3.8, 4) is 0 Å². The summed E-state index contributed by atoms with van der Waals surface area (Å²) in [6.07, 6.45) is 0.714. The van der Waals surface area contributed by atoms with Gasteiger partial charge in [0, 0.05) is 32.6 Å². The number of pyridine rings is 1. The Morgan fingerprint density at radius 3 is 2.68 bits per heavy atom. The van der Waals surface area contributed by atoms with Gasteiger partial charge in [-0.1, -0.05) is 11.3 Å². The average molecular weight is 278 g/mol. The summed E-state index contributed by atoms with van der Waals surface area (Å²) in [4.78, 5) is 5.53. The van der Waals surface area contributed by atoms with E-state index in [1.165, 1.54) is 15.6 Å². The monoisotopic (exact) mass is 278 g/mol. The number of rotatable bonds is 4. The molecule has 0 amide bonds. The van der Waals surface area contributed by atoms with Crippen molar-refractivity contribution in [3.63, 3.8) is 0 Å². The van der Waals surface area contributed by atoms with Crippen LogP contribution in [0.5, 0.6) is 0 Å². The van der Waals surface area contributed by atoms with Gasteiger partial charge in [0.05, 0.1) is 10.4 Å². The SMILES string of the molecule is Cc1ccc(C[n+]2c(C)sc(CCO)c2C)c(N)n1. The first-order chi connectivity index (χ1) is 9.02. The Balaban J connectivity index is 2.33. The summed E-state index contributed by atoms with van der Waals surface area (Å²) in [5.74, 6) is 0.598. The highest BCUT2D eigenvalue weighted by atomic mass is 32.1. The molecule has 2 rings (SSSR count). The lowest BCUT2D eigenvalue weighted by atomic mass is 10.2. The van der Waals surface area contributed by atoms with Crippen molar-refractivity contribution < 1.29 is 9.67 Å². The van der Waals surface area contributed by atoms with Crippen LogP contribution in [0.3, 0.4) is 0 Å². The Morgan fingerprint density at radius 1 is 1.32 bits per heavy atom. The van der Waals surface area contributed by atoms with E-state index in [4.69, 9.17) is 10.8 Å². The van der Waals surface area contributed by atoms with Crippen LogP contribution < -0.4 is 10.3 Å². The summed E-state index contributed by atoms with van der Waals surface area (Å²) in [6.45, 7) is 7.05. The quantitative estimate of drug-likeness (QED) is 0.834. The molecule has 2 aromatic heterocycles. The summed E-state index contributed by atoms with van der Waals surface area (Å²) in [5, 5.41) is 10.3. The van der Waals surface area contributed by atoms with Gasteiger partial charge >= 0.3 is 0 Å². The van der Waals surface area contributed by atoms with E-state index in [0.717, 1.165) is 17.8 Å². The molecule has 0 radical (unpaired) electrons. The molecule has 0 aliphatic carbocycles. The Bertz CT molecular complexity index is 593. The van der Waals surface area contributed by atoms with E-state index in [1.54, 1.807) is 11.3 Å². The second-order valence-corrected chi connectivity index (χ2v) is 5.97. The third-order valence-electron chi connectivity index (χ3n) is 3.28. The molecule has 0 saturated carbocycles. The molecule has 2 aromatic rings. The second-order valence-electron chi connectivity index (χ2n) is 4.69. The van der Waals surface area contributed by atoms with Crippen molar-refractivity contribution >= 4 is 17.2 Å². The van der Waals surface area contributed by atoms with Crippen LogP contribution in [0.1, 0.15) is 26.8 Å². The van der Waals surface area contributed by atoms with Crippen LogP contribution >= 0.6 is 11.3 Å². The molecular formula is C14H20N3OS+. The van der Waals surface area contributed by atoms with Crippen molar-refractivity contribution in [2.24, 2.45) is 0 Å². The number of nitrogens with zero attached hydrogens (tertiary/aromatic N) is 2. The van der Waals surface area contributed by atoms with Crippen LogP contribution in [0.15, 0.2) is 12.1 Å². The van der Waals surface area contributed by atoms with E-state index in [-0.39, 0.29) is 6.61 Å². The molecule has 0 spiro atoms. The molecular weight excluding hydrogens is 258 g/mol. The van der Waals surface area contributed by atoms with Crippen LogP contribution in [0.2, 0.25) is 0 Å². The van der Waals surface area contributed by atoms with Gasteiger partial charge in [0.2, 0.25) is 5.01 Å². The van der Waals surface area contributed by atoms with Gasteiger partial charge in [0.25, 0.3) is 0 Å². The standard InChI is InChI=1S/C14H20N3OS/c1-9-4-5-12(14(15)16-9)8-17-10(2)13(6-7-18)19-11(17)3/h4-5,18H,6-8H2,1-3H3,(H2,15,16)/q+1. The number of aliphatic hydroxyl groups is 1. The number of aliphatic hydroxyl groups excluding tert-OH is 1. The second kappa shape index (κ2) is 5.67. The van der Waals surface area contributed by atoms with Crippen molar-refractivity contribution in [2.75, 3.05) is 12.3 Å². The van der Waals surface area contributed by atoms with Crippen molar-refractivity contribution in [1.82, 2.24) is 4.98 Å². The third-order valence-corrected chi connectivity index (χ3v) is 4.54. The zero-order valence-corrected chi connectivity index (χ0v) is 12.4. The van der Waals surface area contributed by atoms with Crippen LogP contribution in [0.4, 0.5) is 5.82 Å². The van der Waals surface area contributed by atoms with E-state index < -0.39 is 0 Å². The summed E-state index contributed by atoms with van der Waals surface area (Å²) >= 11 is 1.74. The molecule has 5 heteroatoms. The van der Waals surface area contributed by atoms with Gasteiger partial charge in [0.1, 0.15) is 5.82 Å². The topological polar surface area (TPSA) is 63.0 Å². The lowest BCUT2D eigenvalue weighted by Gasteiger charge is -2.03. The van der Waals surface area contributed by atoms with Crippen LogP contribution in [0.25, 0.3) is 0 Å². The molecule has 0 aliphatic heterocycles. The number of hydrogen-bond donors (Lipinski definition) is 2. The minimum absolute atomic E-state index is 0.190. The van der Waals surface area contributed by atoms with Gasteiger partial charge in [-0.05, 0) is 19.1 Å². The van der Waals surface area contributed by atoms with Crippen molar-refractivity contribution in [1.29, 1.82) is 0 Å². The first kappa shape index (κ1) is 14.0. The molecule has 0 fully saturated rings. The fourth-order valence-corrected chi connectivity index (χ4v) is 3.29. The number of hydrogen-bond acceptors (Lipinski definition) is 4. The summed E-state index contributed by atoms with van der Waals surface area (Å²) in [5.41, 5.74) is 9.15. The zero-order valence-electron chi connectivity index (χ0n) is 11.6. The van der Waals surface area contributed by atoms with E-state index in [2.05, 4.69) is 23.4 Å². The smallest absolute Gasteiger partial charge is 0.234 e. The Kier molecular flexibility index (Phi) is 4.17. The molecule has 19 heavy (non-hydrogen) atoms. The highest BCUT2D eigenvalue weighted by Gasteiger charge is 2.21. The summed E-state index contributed by atoms with van der Waals surface area (Å²) in [6, 6.07) is 4.02. The number of aromatic nitrogens is 2. The first-order valence-electron chi connectivity index (χ1n) is 6.34. The number of aryl methyl sites for hydroxylation is 2. The maximum Gasteiger partial charge on any atom is 0.234 e. The van der Waals surface area contributed by atoms with Gasteiger partial charge in [-0.2, -0.15) is 4.57 Å². The Labute approximate surface area is 117 Å². The van der Waals surface area contributed by atoms with Gasteiger partial charge < -0.3 is 10.8 Å². The first-order valence-corrected chi connectivity index (χ1v) is 7.16. The number of nitrogens with two attached hydrogens (primary N) is 1. The predicted molar refractivity (Wildman–Crippen MR) is 77.3 cm³/mol. The van der Waals surface area contributed by atoms with Crippen molar-refractivity contribution in [3.05, 3.63) is 39.0 Å². The molecule has 0 atom stereocenters. The lowest BCUT2D eigenvalue weighted by molar-refractivity contribution is -0.695. The maximum absolute atomic E-state index is 9.08. The minimum Gasteiger partial charge on any atom is -0.396 e. The third kappa shape index (κ3) is 2.93. The van der Waals surface area contributed by atoms with Gasteiger partial charge in [-0.3, -0.25) is 0 Å².